The Kier molecular flexibility index (Phi) is 4.62. The maximum Gasteiger partial charge on any atom is 0.150 e. The van der Waals surface area contributed by atoms with Crippen molar-refractivity contribution < 1.29 is 9.26 Å². The van der Waals surface area contributed by atoms with Gasteiger partial charge in [0.1, 0.15) is 0 Å². The summed E-state index contributed by atoms with van der Waals surface area (Å²) in [5.74, 6) is 0.898. The van der Waals surface area contributed by atoms with E-state index >= 15 is 0 Å². The summed E-state index contributed by atoms with van der Waals surface area (Å²) in [6.45, 7) is 5.32. The molecule has 1 saturated heterocycles. The quantitative estimate of drug-likeness (QED) is 0.817. The number of pyridine rings is 1. The van der Waals surface area contributed by atoms with Gasteiger partial charge in [0.05, 0.1) is 18.3 Å². The van der Waals surface area contributed by atoms with Gasteiger partial charge in [-0.2, -0.15) is 0 Å². The van der Waals surface area contributed by atoms with Crippen LogP contribution in [0.5, 0.6) is 0 Å². The first-order chi connectivity index (χ1) is 10.3. The number of hydrogen-bond acceptors (Lipinski definition) is 5. The minimum absolute atomic E-state index is 0.325. The number of ether oxygens (including phenoxy) is 1. The lowest BCUT2D eigenvalue weighted by Gasteiger charge is -2.24. The first-order valence-corrected chi connectivity index (χ1v) is 7.44. The summed E-state index contributed by atoms with van der Waals surface area (Å²) in [6.07, 6.45) is 6.33. The van der Waals surface area contributed by atoms with Gasteiger partial charge in [0, 0.05) is 38.2 Å². The lowest BCUT2D eigenvalue weighted by Crippen LogP contribution is -2.31. The standard InChI is InChI=1S/C16H21N3O2/c1-13-8-16(21-18-13)12-19(11-15-5-3-7-20-15)10-14-4-2-6-17-9-14/h2,4,6,8-9,15H,3,5,7,10-12H2,1H3/t15-/m1/s1. The summed E-state index contributed by atoms with van der Waals surface area (Å²) < 4.78 is 11.1. The number of aromatic nitrogens is 2. The molecule has 0 amide bonds. The van der Waals surface area contributed by atoms with E-state index in [1.807, 2.05) is 25.3 Å². The first kappa shape index (κ1) is 14.2. The van der Waals surface area contributed by atoms with Crippen LogP contribution in [0.2, 0.25) is 0 Å². The van der Waals surface area contributed by atoms with Crippen LogP contribution in [-0.4, -0.2) is 34.3 Å². The van der Waals surface area contributed by atoms with Gasteiger partial charge in [0.25, 0.3) is 0 Å². The second kappa shape index (κ2) is 6.83. The molecule has 5 heteroatoms. The van der Waals surface area contributed by atoms with Crippen LogP contribution in [0.3, 0.4) is 0 Å². The normalized spacial score (nSPS) is 18.5. The van der Waals surface area contributed by atoms with E-state index in [1.54, 1.807) is 6.20 Å². The number of rotatable bonds is 6. The SMILES string of the molecule is Cc1cc(CN(Cc2cccnc2)C[C@H]2CCCO2)on1. The number of nitrogens with zero attached hydrogens (tertiary/aromatic N) is 3. The summed E-state index contributed by atoms with van der Waals surface area (Å²) in [5, 5.41) is 3.96. The Hall–Kier alpha value is -1.72. The molecule has 0 bridgehead atoms. The van der Waals surface area contributed by atoms with E-state index in [1.165, 1.54) is 5.56 Å². The Labute approximate surface area is 124 Å². The van der Waals surface area contributed by atoms with E-state index in [4.69, 9.17) is 9.26 Å². The van der Waals surface area contributed by atoms with Crippen LogP contribution in [0.1, 0.15) is 29.9 Å². The Morgan fingerprint density at radius 3 is 3.00 bits per heavy atom. The van der Waals surface area contributed by atoms with E-state index in [2.05, 4.69) is 21.1 Å². The van der Waals surface area contributed by atoms with Crippen LogP contribution in [0.15, 0.2) is 35.1 Å². The van der Waals surface area contributed by atoms with Crippen LogP contribution in [0.25, 0.3) is 0 Å². The Morgan fingerprint density at radius 1 is 1.38 bits per heavy atom. The van der Waals surface area contributed by atoms with Crippen molar-refractivity contribution in [2.45, 2.75) is 39.0 Å². The largest absolute Gasteiger partial charge is 0.377 e. The highest BCUT2D eigenvalue weighted by molar-refractivity contribution is 5.09. The highest BCUT2D eigenvalue weighted by Gasteiger charge is 2.20. The lowest BCUT2D eigenvalue weighted by atomic mass is 10.2. The molecule has 1 atom stereocenters. The average Bonchev–Trinajstić information content (AvgIpc) is 3.12. The van der Waals surface area contributed by atoms with E-state index in [-0.39, 0.29) is 0 Å². The summed E-state index contributed by atoms with van der Waals surface area (Å²) >= 11 is 0. The zero-order valence-electron chi connectivity index (χ0n) is 12.4. The third-order valence-electron chi connectivity index (χ3n) is 3.67. The molecule has 0 N–H and O–H groups in total. The lowest BCUT2D eigenvalue weighted by molar-refractivity contribution is 0.0646. The van der Waals surface area contributed by atoms with E-state index < -0.39 is 0 Å². The molecular formula is C16H21N3O2. The Bertz CT molecular complexity index is 550. The maximum absolute atomic E-state index is 5.76. The second-order valence-corrected chi connectivity index (χ2v) is 5.60. The molecule has 0 unspecified atom stereocenters. The molecule has 0 radical (unpaired) electrons. The Balaban J connectivity index is 1.67. The Morgan fingerprint density at radius 2 is 2.33 bits per heavy atom. The van der Waals surface area contributed by atoms with Gasteiger partial charge < -0.3 is 9.26 Å². The van der Waals surface area contributed by atoms with Gasteiger partial charge in [0.2, 0.25) is 0 Å². The minimum atomic E-state index is 0.325. The zero-order chi connectivity index (χ0) is 14.5. The van der Waals surface area contributed by atoms with Crippen molar-refractivity contribution in [3.63, 3.8) is 0 Å². The highest BCUT2D eigenvalue weighted by atomic mass is 16.5. The van der Waals surface area contributed by atoms with Crippen LogP contribution < -0.4 is 0 Å². The van der Waals surface area contributed by atoms with Gasteiger partial charge >= 0.3 is 0 Å². The summed E-state index contributed by atoms with van der Waals surface area (Å²) in [5.41, 5.74) is 2.12. The molecule has 1 aliphatic heterocycles. The van der Waals surface area contributed by atoms with Gasteiger partial charge in [-0.25, -0.2) is 0 Å². The van der Waals surface area contributed by atoms with Crippen molar-refractivity contribution in [1.82, 2.24) is 15.0 Å². The van der Waals surface area contributed by atoms with Crippen molar-refractivity contribution in [1.29, 1.82) is 0 Å². The van der Waals surface area contributed by atoms with Crippen molar-refractivity contribution in [3.05, 3.63) is 47.6 Å². The zero-order valence-corrected chi connectivity index (χ0v) is 12.4. The fraction of sp³-hybridized carbons (Fsp3) is 0.500. The summed E-state index contributed by atoms with van der Waals surface area (Å²) in [6, 6.07) is 6.06. The monoisotopic (exact) mass is 287 g/mol. The maximum atomic E-state index is 5.76. The molecule has 112 valence electrons. The predicted octanol–water partition coefficient (Wildman–Crippen LogP) is 2.56. The first-order valence-electron chi connectivity index (χ1n) is 7.44. The number of aryl methyl sites for hydroxylation is 1. The highest BCUT2D eigenvalue weighted by Crippen LogP contribution is 2.17. The second-order valence-electron chi connectivity index (χ2n) is 5.60. The molecule has 0 aromatic carbocycles. The van der Waals surface area contributed by atoms with Crippen LogP contribution in [0.4, 0.5) is 0 Å². The molecule has 2 aromatic rings. The van der Waals surface area contributed by atoms with Gasteiger partial charge in [0.15, 0.2) is 5.76 Å². The molecule has 21 heavy (non-hydrogen) atoms. The molecule has 3 heterocycles. The van der Waals surface area contributed by atoms with Crippen molar-refractivity contribution in [2.75, 3.05) is 13.2 Å². The summed E-state index contributed by atoms with van der Waals surface area (Å²) in [7, 11) is 0. The van der Waals surface area contributed by atoms with Gasteiger partial charge in [-0.1, -0.05) is 11.2 Å². The van der Waals surface area contributed by atoms with Gasteiger partial charge in [-0.3, -0.25) is 9.88 Å². The molecule has 3 rings (SSSR count). The van der Waals surface area contributed by atoms with E-state index in [0.717, 1.165) is 50.5 Å². The van der Waals surface area contributed by atoms with Crippen molar-refractivity contribution in [3.8, 4) is 0 Å². The van der Waals surface area contributed by atoms with Crippen LogP contribution in [-0.2, 0) is 17.8 Å². The number of hydrogen-bond donors (Lipinski definition) is 0. The molecule has 0 spiro atoms. The summed E-state index contributed by atoms with van der Waals surface area (Å²) in [4.78, 5) is 6.53. The molecule has 0 saturated carbocycles. The minimum Gasteiger partial charge on any atom is -0.377 e. The predicted molar refractivity (Wildman–Crippen MR) is 78.6 cm³/mol. The van der Waals surface area contributed by atoms with Crippen molar-refractivity contribution in [2.24, 2.45) is 0 Å². The fourth-order valence-corrected chi connectivity index (χ4v) is 2.72. The van der Waals surface area contributed by atoms with E-state index in [0.29, 0.717) is 6.10 Å². The molecule has 5 nitrogen and oxygen atoms in total. The smallest absolute Gasteiger partial charge is 0.150 e. The fourth-order valence-electron chi connectivity index (χ4n) is 2.72. The third kappa shape index (κ3) is 4.12. The molecule has 1 aliphatic rings. The van der Waals surface area contributed by atoms with E-state index in [9.17, 15) is 0 Å². The van der Waals surface area contributed by atoms with Gasteiger partial charge in [-0.15, -0.1) is 0 Å². The molecule has 0 aliphatic carbocycles. The third-order valence-corrected chi connectivity index (χ3v) is 3.67. The van der Waals surface area contributed by atoms with Crippen LogP contribution in [0, 0.1) is 6.92 Å². The average molecular weight is 287 g/mol. The molecule has 1 fully saturated rings. The van der Waals surface area contributed by atoms with Crippen LogP contribution >= 0.6 is 0 Å². The topological polar surface area (TPSA) is 51.4 Å². The van der Waals surface area contributed by atoms with Crippen molar-refractivity contribution >= 4 is 0 Å². The molecular weight excluding hydrogens is 266 g/mol. The van der Waals surface area contributed by atoms with Gasteiger partial charge in [-0.05, 0) is 31.4 Å². The molecule has 2 aromatic heterocycles.